The third kappa shape index (κ3) is 5.64. The molecule has 0 unspecified atom stereocenters. The molecular formula is C15H22O2. The minimum Gasteiger partial charge on any atom is -0.389 e. The normalized spacial score (nSPS) is 32.9. The predicted octanol–water partition coefficient (Wildman–Crippen LogP) is 3.33. The summed E-state index contributed by atoms with van der Waals surface area (Å²) < 4.78 is 0. The maximum atomic E-state index is 10.9. The fraction of sp³-hybridized carbons (Fsp3) is 0.533. The van der Waals surface area contributed by atoms with Gasteiger partial charge in [0, 0.05) is 0 Å². The highest BCUT2D eigenvalue weighted by atomic mass is 16.3. The Hall–Kier alpha value is -1.15. The van der Waals surface area contributed by atoms with Crippen LogP contribution in [-0.4, -0.2) is 17.5 Å². The zero-order chi connectivity index (χ0) is 12.7. The summed E-state index contributed by atoms with van der Waals surface area (Å²) >= 11 is 0. The third-order valence-electron chi connectivity index (χ3n) is 3.05. The van der Waals surface area contributed by atoms with Gasteiger partial charge in [-0.25, -0.2) is 0 Å². The number of hydrogen-bond acceptors (Lipinski definition) is 2. The Balaban J connectivity index is 2.82. The Morgan fingerprint density at radius 2 is 1.82 bits per heavy atom. The van der Waals surface area contributed by atoms with E-state index in [4.69, 9.17) is 0 Å². The van der Waals surface area contributed by atoms with Gasteiger partial charge in [0.2, 0.25) is 0 Å². The van der Waals surface area contributed by atoms with E-state index in [1.165, 1.54) is 11.1 Å². The van der Waals surface area contributed by atoms with E-state index >= 15 is 0 Å². The first-order valence-electron chi connectivity index (χ1n) is 6.27. The van der Waals surface area contributed by atoms with Crippen molar-refractivity contribution in [2.45, 2.75) is 52.1 Å². The van der Waals surface area contributed by atoms with E-state index in [0.717, 1.165) is 32.0 Å². The number of hydrogen-bond donors (Lipinski definition) is 1. The number of rotatable bonds is 1. The van der Waals surface area contributed by atoms with Crippen molar-refractivity contribution in [2.75, 3.05) is 0 Å². The predicted molar refractivity (Wildman–Crippen MR) is 70.8 cm³/mol. The summed E-state index contributed by atoms with van der Waals surface area (Å²) in [5, 5.41) is 9.83. The highest BCUT2D eigenvalue weighted by molar-refractivity contribution is 5.73. The summed E-state index contributed by atoms with van der Waals surface area (Å²) in [7, 11) is 0. The second kappa shape index (κ2) is 7.23. The first-order chi connectivity index (χ1) is 8.11. The molecule has 1 N–H and O–H groups in total. The zero-order valence-corrected chi connectivity index (χ0v) is 10.8. The van der Waals surface area contributed by atoms with Crippen LogP contribution >= 0.6 is 0 Å². The molecule has 0 saturated heterocycles. The summed E-state index contributed by atoms with van der Waals surface area (Å²) in [6.07, 6.45) is 10.7. The molecule has 1 aliphatic carbocycles. The lowest BCUT2D eigenvalue weighted by molar-refractivity contribution is -0.105. The largest absolute Gasteiger partial charge is 0.389 e. The molecule has 0 aromatic rings. The first kappa shape index (κ1) is 13.9. The van der Waals surface area contributed by atoms with Crippen molar-refractivity contribution >= 4 is 6.29 Å². The van der Waals surface area contributed by atoms with Crippen LogP contribution in [0, 0.1) is 0 Å². The maximum absolute atomic E-state index is 10.9. The number of aliphatic hydroxyl groups is 1. The van der Waals surface area contributed by atoms with E-state index in [-0.39, 0.29) is 0 Å². The van der Waals surface area contributed by atoms with Crippen LogP contribution in [0.4, 0.5) is 0 Å². The molecule has 1 aliphatic rings. The van der Waals surface area contributed by atoms with Crippen molar-refractivity contribution < 1.29 is 9.90 Å². The number of aldehydes is 1. The quantitative estimate of drug-likeness (QED) is 0.558. The SMILES string of the molecule is C/C1=C/CC/C(C=O)=C\[C@@H](O)C/C(C)=C\CC1. The molecule has 0 aromatic heterocycles. The van der Waals surface area contributed by atoms with Gasteiger partial charge in [-0.3, -0.25) is 4.79 Å². The van der Waals surface area contributed by atoms with Gasteiger partial charge in [0.25, 0.3) is 0 Å². The van der Waals surface area contributed by atoms with Gasteiger partial charge in [-0.15, -0.1) is 0 Å². The molecule has 1 rings (SSSR count). The summed E-state index contributed by atoms with van der Waals surface area (Å²) in [6.45, 7) is 4.16. The monoisotopic (exact) mass is 234 g/mol. The molecule has 2 nitrogen and oxygen atoms in total. The number of carbonyl (C=O) groups is 1. The highest BCUT2D eigenvalue weighted by Crippen LogP contribution is 2.16. The van der Waals surface area contributed by atoms with Crippen LogP contribution in [0.2, 0.25) is 0 Å². The minimum atomic E-state index is -0.532. The summed E-state index contributed by atoms with van der Waals surface area (Å²) in [4.78, 5) is 10.9. The fourth-order valence-electron chi connectivity index (χ4n) is 2.03. The van der Waals surface area contributed by atoms with E-state index in [9.17, 15) is 9.90 Å². The van der Waals surface area contributed by atoms with Crippen molar-refractivity contribution in [1.29, 1.82) is 0 Å². The summed E-state index contributed by atoms with van der Waals surface area (Å²) in [6, 6.07) is 0. The van der Waals surface area contributed by atoms with Gasteiger partial charge in [-0.2, -0.15) is 0 Å². The standard InChI is InChI=1S/C15H22O2/c1-12-5-3-7-13(2)9-15(17)10-14(11-16)8-4-6-12/h6-7,10-11,15,17H,3-5,8-9H2,1-2H3/b12-6-,13-7-,14-10+/t15-/m0/s1. The lowest BCUT2D eigenvalue weighted by Crippen LogP contribution is -2.05. The van der Waals surface area contributed by atoms with Crippen LogP contribution in [0.25, 0.3) is 0 Å². The Kier molecular flexibility index (Phi) is 5.92. The van der Waals surface area contributed by atoms with Crippen molar-refractivity contribution in [3.05, 3.63) is 34.9 Å². The Labute approximate surface area is 104 Å². The lowest BCUT2D eigenvalue weighted by Gasteiger charge is -2.09. The molecule has 0 aliphatic heterocycles. The number of aliphatic hydroxyl groups excluding tert-OH is 1. The van der Waals surface area contributed by atoms with Gasteiger partial charge in [0.05, 0.1) is 6.10 Å². The Morgan fingerprint density at radius 1 is 1.18 bits per heavy atom. The molecule has 2 heteroatoms. The molecular weight excluding hydrogens is 212 g/mol. The van der Waals surface area contributed by atoms with Crippen LogP contribution < -0.4 is 0 Å². The van der Waals surface area contributed by atoms with Gasteiger partial charge in [-0.1, -0.05) is 23.3 Å². The van der Waals surface area contributed by atoms with E-state index in [1.54, 1.807) is 6.08 Å². The number of allylic oxidation sites excluding steroid dienone is 4. The third-order valence-corrected chi connectivity index (χ3v) is 3.05. The van der Waals surface area contributed by atoms with E-state index < -0.39 is 6.10 Å². The van der Waals surface area contributed by atoms with Gasteiger partial charge in [0.1, 0.15) is 6.29 Å². The molecule has 0 radical (unpaired) electrons. The summed E-state index contributed by atoms with van der Waals surface area (Å²) in [5.74, 6) is 0. The van der Waals surface area contributed by atoms with Crippen molar-refractivity contribution in [3.8, 4) is 0 Å². The first-order valence-corrected chi connectivity index (χ1v) is 6.27. The van der Waals surface area contributed by atoms with Crippen LogP contribution in [-0.2, 0) is 4.79 Å². The fourth-order valence-corrected chi connectivity index (χ4v) is 2.03. The Bertz CT molecular complexity index is 348. The molecule has 0 heterocycles. The van der Waals surface area contributed by atoms with E-state index in [2.05, 4.69) is 19.1 Å². The van der Waals surface area contributed by atoms with Gasteiger partial charge in [-0.05, 0) is 57.6 Å². The average molecular weight is 234 g/mol. The van der Waals surface area contributed by atoms with E-state index in [0.29, 0.717) is 12.0 Å². The minimum absolute atomic E-state index is 0.532. The van der Waals surface area contributed by atoms with Crippen LogP contribution in [0.3, 0.4) is 0 Å². The molecule has 0 spiro atoms. The highest BCUT2D eigenvalue weighted by Gasteiger charge is 2.05. The zero-order valence-electron chi connectivity index (χ0n) is 10.8. The van der Waals surface area contributed by atoms with E-state index in [1.807, 2.05) is 6.92 Å². The van der Waals surface area contributed by atoms with Crippen LogP contribution in [0.5, 0.6) is 0 Å². The molecule has 0 fully saturated rings. The second-order valence-electron chi connectivity index (χ2n) is 4.81. The smallest absolute Gasteiger partial charge is 0.145 e. The molecule has 17 heavy (non-hydrogen) atoms. The topological polar surface area (TPSA) is 37.3 Å². The molecule has 1 atom stereocenters. The summed E-state index contributed by atoms with van der Waals surface area (Å²) in [5.41, 5.74) is 3.27. The number of carbonyl (C=O) groups excluding carboxylic acids is 1. The molecule has 0 bridgehead atoms. The van der Waals surface area contributed by atoms with Crippen molar-refractivity contribution in [1.82, 2.24) is 0 Å². The average Bonchev–Trinajstić information content (AvgIpc) is 2.26. The maximum Gasteiger partial charge on any atom is 0.145 e. The van der Waals surface area contributed by atoms with Gasteiger partial charge >= 0.3 is 0 Å². The molecule has 0 amide bonds. The van der Waals surface area contributed by atoms with Crippen molar-refractivity contribution in [3.63, 3.8) is 0 Å². The second-order valence-corrected chi connectivity index (χ2v) is 4.81. The van der Waals surface area contributed by atoms with Crippen LogP contribution in [0.15, 0.2) is 34.9 Å². The van der Waals surface area contributed by atoms with Gasteiger partial charge < -0.3 is 5.11 Å². The lowest BCUT2D eigenvalue weighted by atomic mass is 10.0. The van der Waals surface area contributed by atoms with Gasteiger partial charge in [0.15, 0.2) is 0 Å². The van der Waals surface area contributed by atoms with Crippen molar-refractivity contribution in [2.24, 2.45) is 0 Å². The van der Waals surface area contributed by atoms with Crippen LogP contribution in [0.1, 0.15) is 46.0 Å². The molecule has 94 valence electrons. The molecule has 0 saturated carbocycles. The Morgan fingerprint density at radius 3 is 2.53 bits per heavy atom. The molecule has 0 aromatic carbocycles.